The van der Waals surface area contributed by atoms with Gasteiger partial charge < -0.3 is 5.11 Å². The fraction of sp³-hybridized carbons (Fsp3) is 1.00. The summed E-state index contributed by atoms with van der Waals surface area (Å²) in [5, 5.41) is 8.41. The Morgan fingerprint density at radius 3 is 2.00 bits per heavy atom. The molecule has 0 amide bonds. The van der Waals surface area contributed by atoms with E-state index in [1.165, 1.54) is 0 Å². The van der Waals surface area contributed by atoms with Crippen molar-refractivity contribution >= 4 is 10.8 Å². The van der Waals surface area contributed by atoms with Gasteiger partial charge in [0.15, 0.2) is 0 Å². The lowest BCUT2D eigenvalue weighted by molar-refractivity contribution is 0.320. The van der Waals surface area contributed by atoms with Gasteiger partial charge >= 0.3 is 0 Å². The first-order valence-electron chi connectivity index (χ1n) is 2.98. The minimum atomic E-state index is -0.887. The Morgan fingerprint density at radius 2 is 1.89 bits per heavy atom. The third-order valence-corrected chi connectivity index (χ3v) is 2.88. The maximum atomic E-state index is 11.0. The van der Waals surface area contributed by atoms with Crippen LogP contribution < -0.4 is 0 Å². The molecule has 3 heteroatoms. The monoisotopic (exact) mass is 150 g/mol. The summed E-state index contributed by atoms with van der Waals surface area (Å²) in [7, 11) is -0.887. The van der Waals surface area contributed by atoms with E-state index in [-0.39, 0.29) is 11.4 Å². The lowest BCUT2D eigenvalue weighted by atomic mass is 10.3. The molecule has 0 aromatic rings. The van der Waals surface area contributed by atoms with Gasteiger partial charge in [-0.1, -0.05) is 0 Å². The summed E-state index contributed by atoms with van der Waals surface area (Å²) in [6, 6.07) is 0. The van der Waals surface area contributed by atoms with Gasteiger partial charge in [-0.15, -0.1) is 0 Å². The minimum absolute atomic E-state index is 0.0177. The fourth-order valence-corrected chi connectivity index (χ4v) is 1.17. The van der Waals surface area contributed by atoms with Crippen molar-refractivity contribution in [2.75, 3.05) is 12.4 Å². The molecule has 1 N–H and O–H groups in total. The molecule has 0 aliphatic rings. The van der Waals surface area contributed by atoms with Crippen LogP contribution in [-0.2, 0) is 10.8 Å². The van der Waals surface area contributed by atoms with Crippen molar-refractivity contribution in [3.63, 3.8) is 0 Å². The number of hydrogen-bond donors (Lipinski definition) is 1. The van der Waals surface area contributed by atoms with Crippen molar-refractivity contribution in [2.24, 2.45) is 0 Å². The van der Waals surface area contributed by atoms with Gasteiger partial charge in [0, 0.05) is 21.3 Å². The quantitative estimate of drug-likeness (QED) is 0.623. The van der Waals surface area contributed by atoms with Crippen molar-refractivity contribution in [1.82, 2.24) is 0 Å². The van der Waals surface area contributed by atoms with Crippen molar-refractivity contribution in [1.29, 1.82) is 0 Å². The molecule has 0 unspecified atom stereocenters. The van der Waals surface area contributed by atoms with Gasteiger partial charge in [0.25, 0.3) is 0 Å². The highest BCUT2D eigenvalue weighted by Crippen LogP contribution is 2.10. The minimum Gasteiger partial charge on any atom is -0.395 e. The van der Waals surface area contributed by atoms with Gasteiger partial charge in [0.1, 0.15) is 0 Å². The molecule has 0 aliphatic carbocycles. The maximum Gasteiger partial charge on any atom is 0.0546 e. The highest BCUT2D eigenvalue weighted by atomic mass is 32.2. The van der Waals surface area contributed by atoms with E-state index in [1.807, 2.05) is 20.8 Å². The molecule has 0 bridgehead atoms. The van der Waals surface area contributed by atoms with E-state index in [0.717, 1.165) is 0 Å². The number of hydrogen-bond acceptors (Lipinski definition) is 2. The van der Waals surface area contributed by atoms with E-state index >= 15 is 0 Å². The lowest BCUT2D eigenvalue weighted by Crippen LogP contribution is -2.25. The molecule has 0 radical (unpaired) electrons. The number of rotatable bonds is 2. The average molecular weight is 150 g/mol. The molecule has 0 aromatic carbocycles. The Balaban J connectivity index is 3.74. The Labute approximate surface area is 58.7 Å². The highest BCUT2D eigenvalue weighted by molar-refractivity contribution is 7.86. The third kappa shape index (κ3) is 3.65. The average Bonchev–Trinajstić information content (AvgIpc) is 1.64. The molecule has 0 saturated heterocycles. The van der Waals surface area contributed by atoms with E-state index in [4.69, 9.17) is 5.11 Å². The molecule has 0 fully saturated rings. The van der Waals surface area contributed by atoms with Crippen LogP contribution in [0.2, 0.25) is 0 Å². The van der Waals surface area contributed by atoms with Crippen molar-refractivity contribution < 1.29 is 9.32 Å². The molecular formula is C6H14O2S. The predicted molar refractivity (Wildman–Crippen MR) is 39.8 cm³/mol. The SMILES string of the molecule is CC(C)(C)[S@](=O)CCO. The first-order valence-corrected chi connectivity index (χ1v) is 4.29. The van der Waals surface area contributed by atoms with Crippen LogP contribution >= 0.6 is 0 Å². The topological polar surface area (TPSA) is 37.3 Å². The molecule has 0 saturated carbocycles. The van der Waals surface area contributed by atoms with Crippen LogP contribution in [0.25, 0.3) is 0 Å². The Morgan fingerprint density at radius 1 is 1.44 bits per heavy atom. The van der Waals surface area contributed by atoms with Crippen LogP contribution in [0.15, 0.2) is 0 Å². The van der Waals surface area contributed by atoms with Crippen LogP contribution in [0, 0.1) is 0 Å². The first-order chi connectivity index (χ1) is 3.98. The van der Waals surface area contributed by atoms with Gasteiger partial charge in [0.2, 0.25) is 0 Å². The molecule has 0 spiro atoms. The van der Waals surface area contributed by atoms with Gasteiger partial charge in [-0.25, -0.2) is 0 Å². The largest absolute Gasteiger partial charge is 0.395 e. The van der Waals surface area contributed by atoms with Gasteiger partial charge in [-0.2, -0.15) is 0 Å². The summed E-state index contributed by atoms with van der Waals surface area (Å²) in [6.07, 6.45) is 0. The Hall–Kier alpha value is 0.110. The third-order valence-electron chi connectivity index (χ3n) is 0.960. The molecule has 0 heterocycles. The van der Waals surface area contributed by atoms with E-state index in [1.54, 1.807) is 0 Å². The van der Waals surface area contributed by atoms with Gasteiger partial charge in [0.05, 0.1) is 6.61 Å². The highest BCUT2D eigenvalue weighted by Gasteiger charge is 2.17. The second-order valence-electron chi connectivity index (χ2n) is 2.89. The fourth-order valence-electron chi connectivity index (χ4n) is 0.389. The van der Waals surface area contributed by atoms with Crippen LogP contribution in [0.5, 0.6) is 0 Å². The second-order valence-corrected chi connectivity index (χ2v) is 5.21. The Kier molecular flexibility index (Phi) is 3.36. The van der Waals surface area contributed by atoms with E-state index in [9.17, 15) is 4.21 Å². The smallest absolute Gasteiger partial charge is 0.0546 e. The van der Waals surface area contributed by atoms with Crippen LogP contribution in [0.4, 0.5) is 0 Å². The van der Waals surface area contributed by atoms with E-state index < -0.39 is 10.8 Å². The zero-order chi connectivity index (χ0) is 7.49. The number of aliphatic hydroxyl groups is 1. The van der Waals surface area contributed by atoms with Crippen LogP contribution in [-0.4, -0.2) is 26.4 Å². The maximum absolute atomic E-state index is 11.0. The first kappa shape index (κ1) is 9.11. The molecule has 1 atom stereocenters. The zero-order valence-corrected chi connectivity index (χ0v) is 6.99. The molecule has 0 aromatic heterocycles. The molecule has 0 rings (SSSR count). The zero-order valence-electron chi connectivity index (χ0n) is 6.18. The molecule has 56 valence electrons. The Bertz CT molecular complexity index is 104. The van der Waals surface area contributed by atoms with E-state index in [0.29, 0.717) is 5.75 Å². The second kappa shape index (κ2) is 3.32. The predicted octanol–water partition coefficient (Wildman–Crippen LogP) is 0.526. The molecule has 0 aliphatic heterocycles. The summed E-state index contributed by atoms with van der Waals surface area (Å²) in [6.45, 7) is 5.72. The summed E-state index contributed by atoms with van der Waals surface area (Å²) >= 11 is 0. The standard InChI is InChI=1S/C6H14O2S/c1-6(2,3)9(8)5-4-7/h7H,4-5H2,1-3H3/t9-/m1/s1. The lowest BCUT2D eigenvalue weighted by Gasteiger charge is -2.16. The summed E-state index contributed by atoms with van der Waals surface area (Å²) < 4.78 is 10.8. The molecular weight excluding hydrogens is 136 g/mol. The van der Waals surface area contributed by atoms with Crippen LogP contribution in [0.3, 0.4) is 0 Å². The van der Waals surface area contributed by atoms with Gasteiger partial charge in [-0.05, 0) is 20.8 Å². The molecule has 9 heavy (non-hydrogen) atoms. The van der Waals surface area contributed by atoms with Crippen molar-refractivity contribution in [3.05, 3.63) is 0 Å². The summed E-state index contributed by atoms with van der Waals surface area (Å²) in [5.41, 5.74) is 0. The summed E-state index contributed by atoms with van der Waals surface area (Å²) in [5.74, 6) is 0.392. The van der Waals surface area contributed by atoms with E-state index in [2.05, 4.69) is 0 Å². The van der Waals surface area contributed by atoms with Crippen LogP contribution in [0.1, 0.15) is 20.8 Å². The van der Waals surface area contributed by atoms with Gasteiger partial charge in [-0.3, -0.25) is 4.21 Å². The molecule has 2 nitrogen and oxygen atoms in total. The summed E-state index contributed by atoms with van der Waals surface area (Å²) in [4.78, 5) is 0. The normalized spacial score (nSPS) is 15.6. The van der Waals surface area contributed by atoms with Crippen molar-refractivity contribution in [3.8, 4) is 0 Å². The number of aliphatic hydroxyl groups excluding tert-OH is 1. The van der Waals surface area contributed by atoms with Crippen molar-refractivity contribution in [2.45, 2.75) is 25.5 Å².